The number of halogens is 3. The Bertz CT molecular complexity index is 307. The van der Waals surface area contributed by atoms with Crippen molar-refractivity contribution in [1.82, 2.24) is 0 Å². The quantitative estimate of drug-likeness (QED) is 0.897. The van der Waals surface area contributed by atoms with Gasteiger partial charge in [-0.2, -0.15) is 0 Å². The van der Waals surface area contributed by atoms with E-state index in [1.54, 1.807) is 12.1 Å². The van der Waals surface area contributed by atoms with Crippen molar-refractivity contribution in [2.24, 2.45) is 5.73 Å². The zero-order chi connectivity index (χ0) is 10.7. The summed E-state index contributed by atoms with van der Waals surface area (Å²) in [6.07, 6.45) is -0.133. The van der Waals surface area contributed by atoms with E-state index in [1.165, 1.54) is 0 Å². The van der Waals surface area contributed by atoms with Gasteiger partial charge in [0.15, 0.2) is 5.75 Å². The van der Waals surface area contributed by atoms with Crippen LogP contribution in [0.1, 0.15) is 6.92 Å². The molecule has 0 saturated carbocycles. The zero-order valence-corrected chi connectivity index (χ0v) is 9.83. The van der Waals surface area contributed by atoms with Crippen molar-refractivity contribution in [3.63, 3.8) is 0 Å². The minimum absolute atomic E-state index is 0.133. The lowest BCUT2D eigenvalue weighted by molar-refractivity contribution is 0.230. The Labute approximate surface area is 97.9 Å². The van der Waals surface area contributed by atoms with Crippen LogP contribution in [-0.4, -0.2) is 12.6 Å². The highest BCUT2D eigenvalue weighted by atomic mass is 35.5. The predicted molar refractivity (Wildman–Crippen MR) is 60.6 cm³/mol. The van der Waals surface area contributed by atoms with Crippen molar-refractivity contribution in [3.8, 4) is 5.75 Å². The maximum atomic E-state index is 5.90. The van der Waals surface area contributed by atoms with Gasteiger partial charge in [-0.05, 0) is 19.1 Å². The van der Waals surface area contributed by atoms with E-state index in [0.717, 1.165) is 0 Å². The topological polar surface area (TPSA) is 35.2 Å². The van der Waals surface area contributed by atoms with Crippen molar-refractivity contribution < 1.29 is 4.74 Å². The summed E-state index contributed by atoms with van der Waals surface area (Å²) in [7, 11) is 0. The molecular weight excluding hydrogens is 244 g/mol. The van der Waals surface area contributed by atoms with Gasteiger partial charge in [0, 0.05) is 11.6 Å². The summed E-state index contributed by atoms with van der Waals surface area (Å²) >= 11 is 17.5. The predicted octanol–water partition coefficient (Wildman–Crippen LogP) is 3.37. The van der Waals surface area contributed by atoms with E-state index in [-0.39, 0.29) is 6.10 Å². The van der Waals surface area contributed by atoms with Crippen LogP contribution in [0.15, 0.2) is 12.1 Å². The van der Waals surface area contributed by atoms with Gasteiger partial charge < -0.3 is 10.5 Å². The molecule has 0 radical (unpaired) electrons. The summed E-state index contributed by atoms with van der Waals surface area (Å²) in [5.74, 6) is 0.427. The molecule has 0 amide bonds. The first-order valence-corrected chi connectivity index (χ1v) is 5.19. The largest absolute Gasteiger partial charge is 0.486 e. The number of benzene rings is 1. The molecule has 0 saturated heterocycles. The Hall–Kier alpha value is -0.150. The number of nitrogens with two attached hydrogens (primary N) is 1. The first-order valence-electron chi connectivity index (χ1n) is 4.06. The summed E-state index contributed by atoms with van der Waals surface area (Å²) < 4.78 is 5.43. The molecule has 2 N–H and O–H groups in total. The van der Waals surface area contributed by atoms with Crippen LogP contribution in [0, 0.1) is 0 Å². The van der Waals surface area contributed by atoms with Gasteiger partial charge in [0.2, 0.25) is 0 Å². The first kappa shape index (κ1) is 11.9. The lowest BCUT2D eigenvalue weighted by atomic mass is 10.3. The van der Waals surface area contributed by atoms with E-state index in [2.05, 4.69) is 0 Å². The standard InChI is InChI=1S/C9H10Cl3NO/c1-5(4-13)14-9-7(11)2-6(10)3-8(9)12/h2-3,5H,4,13H2,1H3. The molecule has 0 aliphatic rings. The average molecular weight is 255 g/mol. The molecule has 14 heavy (non-hydrogen) atoms. The summed E-state index contributed by atoms with van der Waals surface area (Å²) in [5, 5.41) is 1.26. The summed E-state index contributed by atoms with van der Waals surface area (Å²) in [5.41, 5.74) is 5.41. The van der Waals surface area contributed by atoms with Crippen LogP contribution < -0.4 is 10.5 Å². The van der Waals surface area contributed by atoms with Crippen LogP contribution in [0.5, 0.6) is 5.75 Å². The minimum Gasteiger partial charge on any atom is -0.486 e. The Morgan fingerprint density at radius 1 is 1.29 bits per heavy atom. The molecule has 0 bridgehead atoms. The molecule has 1 rings (SSSR count). The average Bonchev–Trinajstić information content (AvgIpc) is 2.10. The van der Waals surface area contributed by atoms with Crippen molar-refractivity contribution in [3.05, 3.63) is 27.2 Å². The normalized spacial score (nSPS) is 12.6. The van der Waals surface area contributed by atoms with Gasteiger partial charge >= 0.3 is 0 Å². The van der Waals surface area contributed by atoms with E-state index in [4.69, 9.17) is 45.3 Å². The second kappa shape index (κ2) is 5.08. The lowest BCUT2D eigenvalue weighted by Gasteiger charge is -2.15. The summed E-state index contributed by atoms with van der Waals surface area (Å²) in [6.45, 7) is 2.23. The molecule has 1 aromatic rings. The van der Waals surface area contributed by atoms with E-state index in [1.807, 2.05) is 6.92 Å². The fourth-order valence-corrected chi connectivity index (χ4v) is 1.80. The second-order valence-corrected chi connectivity index (χ2v) is 4.11. The van der Waals surface area contributed by atoms with Crippen molar-refractivity contribution in [2.75, 3.05) is 6.54 Å². The van der Waals surface area contributed by atoms with Gasteiger partial charge in [0.1, 0.15) is 6.10 Å². The van der Waals surface area contributed by atoms with Gasteiger partial charge in [-0.25, -0.2) is 0 Å². The van der Waals surface area contributed by atoms with Gasteiger partial charge in [-0.15, -0.1) is 0 Å². The molecule has 1 aromatic carbocycles. The van der Waals surface area contributed by atoms with Gasteiger partial charge in [0.05, 0.1) is 10.0 Å². The fraction of sp³-hybridized carbons (Fsp3) is 0.333. The third-order valence-corrected chi connectivity index (χ3v) is 2.39. The van der Waals surface area contributed by atoms with E-state index in [9.17, 15) is 0 Å². The maximum absolute atomic E-state index is 5.90. The highest BCUT2D eigenvalue weighted by Gasteiger charge is 2.11. The van der Waals surface area contributed by atoms with Crippen molar-refractivity contribution in [2.45, 2.75) is 13.0 Å². The Kier molecular flexibility index (Phi) is 4.32. The molecule has 1 atom stereocenters. The number of hydrogen-bond acceptors (Lipinski definition) is 2. The van der Waals surface area contributed by atoms with Crippen LogP contribution >= 0.6 is 34.8 Å². The Morgan fingerprint density at radius 2 is 1.79 bits per heavy atom. The molecule has 0 fully saturated rings. The summed E-state index contributed by atoms with van der Waals surface area (Å²) in [4.78, 5) is 0. The van der Waals surface area contributed by atoms with Gasteiger partial charge in [-0.1, -0.05) is 34.8 Å². The number of hydrogen-bond donors (Lipinski definition) is 1. The Morgan fingerprint density at radius 3 is 2.21 bits per heavy atom. The highest BCUT2D eigenvalue weighted by Crippen LogP contribution is 2.36. The molecule has 2 nitrogen and oxygen atoms in total. The van der Waals surface area contributed by atoms with Crippen LogP contribution in [0.4, 0.5) is 0 Å². The second-order valence-electron chi connectivity index (χ2n) is 2.86. The number of rotatable bonds is 3. The smallest absolute Gasteiger partial charge is 0.157 e. The van der Waals surface area contributed by atoms with Crippen molar-refractivity contribution >= 4 is 34.8 Å². The third-order valence-electron chi connectivity index (χ3n) is 1.61. The molecule has 1 unspecified atom stereocenters. The van der Waals surface area contributed by atoms with Crippen LogP contribution in [-0.2, 0) is 0 Å². The molecule has 0 aromatic heterocycles. The summed E-state index contributed by atoms with van der Waals surface area (Å²) in [6, 6.07) is 3.15. The van der Waals surface area contributed by atoms with Crippen LogP contribution in [0.25, 0.3) is 0 Å². The molecule has 0 heterocycles. The molecule has 5 heteroatoms. The minimum atomic E-state index is -0.133. The molecule has 78 valence electrons. The van der Waals surface area contributed by atoms with E-state index < -0.39 is 0 Å². The highest BCUT2D eigenvalue weighted by molar-refractivity contribution is 6.40. The van der Waals surface area contributed by atoms with Crippen LogP contribution in [0.3, 0.4) is 0 Å². The van der Waals surface area contributed by atoms with E-state index >= 15 is 0 Å². The maximum Gasteiger partial charge on any atom is 0.157 e. The van der Waals surface area contributed by atoms with Gasteiger partial charge in [-0.3, -0.25) is 0 Å². The molecule has 0 aliphatic carbocycles. The zero-order valence-electron chi connectivity index (χ0n) is 7.56. The third kappa shape index (κ3) is 2.92. The SMILES string of the molecule is CC(CN)Oc1c(Cl)cc(Cl)cc1Cl. The van der Waals surface area contributed by atoms with Gasteiger partial charge in [0.25, 0.3) is 0 Å². The van der Waals surface area contributed by atoms with Crippen molar-refractivity contribution in [1.29, 1.82) is 0 Å². The molecule has 0 spiro atoms. The molecular formula is C9H10Cl3NO. The van der Waals surface area contributed by atoms with E-state index in [0.29, 0.717) is 27.4 Å². The van der Waals surface area contributed by atoms with Crippen LogP contribution in [0.2, 0.25) is 15.1 Å². The monoisotopic (exact) mass is 253 g/mol. The number of ether oxygens (including phenoxy) is 1. The fourth-order valence-electron chi connectivity index (χ4n) is 0.891. The first-order chi connectivity index (χ1) is 6.54. The lowest BCUT2D eigenvalue weighted by Crippen LogP contribution is -2.23. The Balaban J connectivity index is 2.96. The molecule has 0 aliphatic heterocycles.